The highest BCUT2D eigenvalue weighted by Crippen LogP contribution is 2.24. The Morgan fingerprint density at radius 3 is 2.40 bits per heavy atom. The van der Waals surface area contributed by atoms with Gasteiger partial charge in [-0.25, -0.2) is 9.78 Å². The smallest absolute Gasteiger partial charge is 0.261 e. The van der Waals surface area contributed by atoms with Gasteiger partial charge in [0.2, 0.25) is 5.95 Å². The van der Waals surface area contributed by atoms with Crippen molar-refractivity contribution in [1.29, 1.82) is 0 Å². The van der Waals surface area contributed by atoms with Gasteiger partial charge in [-0.1, -0.05) is 48.5 Å². The van der Waals surface area contributed by atoms with Gasteiger partial charge in [0, 0.05) is 11.8 Å². The zero-order valence-corrected chi connectivity index (χ0v) is 13.1. The molecule has 0 saturated carbocycles. The second kappa shape index (κ2) is 6.40. The van der Waals surface area contributed by atoms with E-state index in [4.69, 9.17) is 0 Å². The van der Waals surface area contributed by atoms with Gasteiger partial charge in [0.25, 0.3) is 5.91 Å². The summed E-state index contributed by atoms with van der Waals surface area (Å²) in [4.78, 5) is 16.6. The molecule has 0 aliphatic carbocycles. The summed E-state index contributed by atoms with van der Waals surface area (Å²) in [5.41, 5.74) is 2.78. The van der Waals surface area contributed by atoms with E-state index in [1.807, 2.05) is 60.7 Å². The highest BCUT2D eigenvalue weighted by molar-refractivity contribution is 6.07. The van der Waals surface area contributed by atoms with Crippen molar-refractivity contribution in [3.05, 3.63) is 78.8 Å². The summed E-state index contributed by atoms with van der Waals surface area (Å²) < 4.78 is 1.69. The molecule has 7 nitrogen and oxygen atoms in total. The monoisotopic (exact) mass is 330 g/mol. The fourth-order valence-corrected chi connectivity index (χ4v) is 2.50. The maximum Gasteiger partial charge on any atom is 0.261 e. The number of aromatic amines is 1. The zero-order valence-electron chi connectivity index (χ0n) is 13.1. The van der Waals surface area contributed by atoms with E-state index in [1.54, 1.807) is 10.9 Å². The Labute approximate surface area is 143 Å². The van der Waals surface area contributed by atoms with Crippen molar-refractivity contribution in [2.75, 3.05) is 5.32 Å². The van der Waals surface area contributed by atoms with Crippen molar-refractivity contribution in [3.8, 4) is 16.9 Å². The van der Waals surface area contributed by atoms with E-state index in [-0.39, 0.29) is 11.9 Å². The summed E-state index contributed by atoms with van der Waals surface area (Å²) in [7, 11) is 0. The molecule has 2 heterocycles. The Hall–Kier alpha value is -3.74. The number of carbonyl (C=O) groups is 1. The third-order valence-electron chi connectivity index (χ3n) is 3.67. The number of aromatic nitrogens is 5. The third-order valence-corrected chi connectivity index (χ3v) is 3.67. The van der Waals surface area contributed by atoms with E-state index in [0.717, 1.165) is 11.3 Å². The van der Waals surface area contributed by atoms with Crippen LogP contribution < -0.4 is 5.32 Å². The average Bonchev–Trinajstić information content (AvgIpc) is 3.33. The van der Waals surface area contributed by atoms with Gasteiger partial charge in [0.15, 0.2) is 0 Å². The van der Waals surface area contributed by atoms with E-state index >= 15 is 0 Å². The summed E-state index contributed by atoms with van der Waals surface area (Å²) in [6.07, 6.45) is 3.05. The van der Waals surface area contributed by atoms with Crippen LogP contribution in [-0.4, -0.2) is 30.9 Å². The minimum Gasteiger partial charge on any atom is -0.291 e. The van der Waals surface area contributed by atoms with Crippen LogP contribution in [-0.2, 0) is 0 Å². The number of H-pyrrole nitrogens is 1. The molecule has 0 unspecified atom stereocenters. The number of hydrogen-bond donors (Lipinski definition) is 2. The quantitative estimate of drug-likeness (QED) is 0.602. The third kappa shape index (κ3) is 3.02. The second-order valence-electron chi connectivity index (χ2n) is 5.33. The molecule has 122 valence electrons. The fraction of sp³-hybridized carbons (Fsp3) is 0. The first kappa shape index (κ1) is 14.8. The molecule has 2 aromatic carbocycles. The molecule has 0 saturated heterocycles. The summed E-state index contributed by atoms with van der Waals surface area (Å²) in [5, 5.41) is 13.6. The van der Waals surface area contributed by atoms with Crippen molar-refractivity contribution in [3.63, 3.8) is 0 Å². The highest BCUT2D eigenvalue weighted by atomic mass is 16.1. The van der Waals surface area contributed by atoms with Gasteiger partial charge >= 0.3 is 0 Å². The summed E-state index contributed by atoms with van der Waals surface area (Å²) >= 11 is 0. The Balaban J connectivity index is 1.78. The van der Waals surface area contributed by atoms with Gasteiger partial charge in [-0.3, -0.25) is 10.1 Å². The number of amides is 1. The lowest BCUT2D eigenvalue weighted by molar-refractivity contribution is 0.102. The predicted molar refractivity (Wildman–Crippen MR) is 93.3 cm³/mol. The Bertz CT molecular complexity index is 977. The van der Waals surface area contributed by atoms with E-state index in [9.17, 15) is 4.79 Å². The molecule has 0 aliphatic rings. The fourth-order valence-electron chi connectivity index (χ4n) is 2.50. The van der Waals surface area contributed by atoms with Crippen molar-refractivity contribution in [2.45, 2.75) is 0 Å². The van der Waals surface area contributed by atoms with Crippen molar-refractivity contribution in [2.24, 2.45) is 0 Å². The molecule has 0 atom stereocenters. The molecule has 0 spiro atoms. The molecular formula is C18H14N6O. The van der Waals surface area contributed by atoms with Gasteiger partial charge in [-0.2, -0.15) is 15.2 Å². The maximum atomic E-state index is 12.7. The van der Waals surface area contributed by atoms with Gasteiger partial charge < -0.3 is 0 Å². The molecule has 4 rings (SSSR count). The van der Waals surface area contributed by atoms with E-state index in [2.05, 4.69) is 25.6 Å². The van der Waals surface area contributed by atoms with Crippen LogP contribution in [0.25, 0.3) is 16.9 Å². The number of hydrogen-bond acceptors (Lipinski definition) is 4. The molecule has 1 amide bonds. The van der Waals surface area contributed by atoms with Crippen LogP contribution in [0.2, 0.25) is 0 Å². The normalized spacial score (nSPS) is 10.6. The molecule has 0 bridgehead atoms. The van der Waals surface area contributed by atoms with Crippen molar-refractivity contribution < 1.29 is 4.79 Å². The van der Waals surface area contributed by atoms with Gasteiger partial charge in [0.05, 0.1) is 11.3 Å². The zero-order chi connectivity index (χ0) is 17.1. The van der Waals surface area contributed by atoms with Crippen LogP contribution in [0.15, 0.2) is 73.2 Å². The second-order valence-corrected chi connectivity index (χ2v) is 5.33. The van der Waals surface area contributed by atoms with Crippen LogP contribution in [0.5, 0.6) is 0 Å². The minimum absolute atomic E-state index is 0.288. The Morgan fingerprint density at radius 1 is 1.00 bits per heavy atom. The summed E-state index contributed by atoms with van der Waals surface area (Å²) in [6.45, 7) is 0. The minimum atomic E-state index is -0.308. The first-order valence-corrected chi connectivity index (χ1v) is 7.68. The number of benzene rings is 2. The van der Waals surface area contributed by atoms with Crippen LogP contribution in [0.4, 0.5) is 5.95 Å². The van der Waals surface area contributed by atoms with Gasteiger partial charge in [-0.15, -0.1) is 0 Å². The molecule has 0 radical (unpaired) electrons. The SMILES string of the molecule is O=C(Nc1ncn[nH]1)c1cn(-c2ccccc2)nc1-c1ccccc1. The number of para-hydroxylation sites is 1. The van der Waals surface area contributed by atoms with E-state index in [0.29, 0.717) is 11.3 Å². The first-order chi connectivity index (χ1) is 12.3. The predicted octanol–water partition coefficient (Wildman–Crippen LogP) is 2.91. The molecular weight excluding hydrogens is 316 g/mol. The van der Waals surface area contributed by atoms with Crippen LogP contribution in [0.3, 0.4) is 0 Å². The van der Waals surface area contributed by atoms with Gasteiger partial charge in [-0.05, 0) is 12.1 Å². The average molecular weight is 330 g/mol. The summed E-state index contributed by atoms with van der Waals surface area (Å²) in [6, 6.07) is 19.2. The molecule has 7 heteroatoms. The number of nitrogens with zero attached hydrogens (tertiary/aromatic N) is 4. The van der Waals surface area contributed by atoms with Crippen LogP contribution >= 0.6 is 0 Å². The highest BCUT2D eigenvalue weighted by Gasteiger charge is 2.19. The van der Waals surface area contributed by atoms with Crippen molar-refractivity contribution in [1.82, 2.24) is 25.0 Å². The number of rotatable bonds is 4. The standard InChI is InChI=1S/C18H14N6O/c25-17(21-18-19-12-20-22-18)15-11-24(14-9-5-2-6-10-14)23-16(15)13-7-3-1-4-8-13/h1-12H,(H2,19,20,21,22,25). The largest absolute Gasteiger partial charge is 0.291 e. The first-order valence-electron chi connectivity index (χ1n) is 7.68. The molecule has 25 heavy (non-hydrogen) atoms. The maximum absolute atomic E-state index is 12.7. The molecule has 0 aliphatic heterocycles. The van der Waals surface area contributed by atoms with Crippen LogP contribution in [0.1, 0.15) is 10.4 Å². The lowest BCUT2D eigenvalue weighted by Crippen LogP contribution is -2.13. The Morgan fingerprint density at radius 2 is 1.72 bits per heavy atom. The number of carbonyl (C=O) groups excluding carboxylic acids is 1. The summed E-state index contributed by atoms with van der Waals surface area (Å²) in [5.74, 6) is -0.0192. The molecule has 2 aromatic heterocycles. The molecule has 0 fully saturated rings. The lowest BCUT2D eigenvalue weighted by atomic mass is 10.1. The molecule has 2 N–H and O–H groups in total. The van der Waals surface area contributed by atoms with Crippen molar-refractivity contribution >= 4 is 11.9 Å². The number of nitrogens with one attached hydrogen (secondary N) is 2. The van der Waals surface area contributed by atoms with E-state index in [1.165, 1.54) is 6.33 Å². The van der Waals surface area contributed by atoms with E-state index < -0.39 is 0 Å². The Kier molecular flexibility index (Phi) is 3.80. The molecule has 4 aromatic rings. The topological polar surface area (TPSA) is 88.5 Å². The van der Waals surface area contributed by atoms with Gasteiger partial charge in [0.1, 0.15) is 12.0 Å². The van der Waals surface area contributed by atoms with Crippen LogP contribution in [0, 0.1) is 0 Å². The number of anilines is 1. The lowest BCUT2D eigenvalue weighted by Gasteiger charge is -2.02.